The molecule has 0 bridgehead atoms. The molecule has 0 aliphatic rings. The van der Waals surface area contributed by atoms with Gasteiger partial charge in [-0.2, -0.15) is 0 Å². The number of esters is 1. The Morgan fingerprint density at radius 2 is 2.31 bits per heavy atom. The van der Waals surface area contributed by atoms with Crippen molar-refractivity contribution in [1.29, 1.82) is 0 Å². The van der Waals surface area contributed by atoms with Gasteiger partial charge in [-0.3, -0.25) is 0 Å². The molecule has 0 aliphatic carbocycles. The number of hydrogen-bond donors (Lipinski definition) is 0. The van der Waals surface area contributed by atoms with Gasteiger partial charge in [-0.1, -0.05) is 11.3 Å². The quantitative estimate of drug-likeness (QED) is 0.696. The molecule has 0 radical (unpaired) electrons. The minimum absolute atomic E-state index is 0.342. The zero-order valence-corrected chi connectivity index (χ0v) is 8.39. The lowest BCUT2D eigenvalue weighted by Gasteiger charge is -1.96. The number of carbonyl (C=O) groups is 1. The van der Waals surface area contributed by atoms with Crippen LogP contribution < -0.4 is 4.74 Å². The van der Waals surface area contributed by atoms with Gasteiger partial charge < -0.3 is 9.47 Å². The molecule has 1 aromatic rings. The Morgan fingerprint density at radius 1 is 1.54 bits per heavy atom. The van der Waals surface area contributed by atoms with Gasteiger partial charge in [-0.15, -0.1) is 0 Å². The second-order valence-electron chi connectivity index (χ2n) is 2.14. The second-order valence-corrected chi connectivity index (χ2v) is 3.14. The third kappa shape index (κ3) is 2.69. The van der Waals surface area contributed by atoms with Crippen molar-refractivity contribution in [2.45, 2.75) is 13.8 Å². The highest BCUT2D eigenvalue weighted by molar-refractivity contribution is 7.15. The molecule has 13 heavy (non-hydrogen) atoms. The molecule has 1 heterocycles. The SMILES string of the molecule is CCOC(=O)c1cnc(OCC)s1. The van der Waals surface area contributed by atoms with Crippen LogP contribution in [0.4, 0.5) is 0 Å². The number of nitrogens with zero attached hydrogens (tertiary/aromatic N) is 1. The molecule has 0 unspecified atom stereocenters. The fourth-order valence-corrected chi connectivity index (χ4v) is 1.46. The van der Waals surface area contributed by atoms with E-state index in [1.165, 1.54) is 17.5 Å². The molecular formula is C8H11NO3S. The highest BCUT2D eigenvalue weighted by Crippen LogP contribution is 2.20. The van der Waals surface area contributed by atoms with Crippen LogP contribution in [-0.2, 0) is 4.74 Å². The number of carbonyl (C=O) groups excluding carboxylic acids is 1. The summed E-state index contributed by atoms with van der Waals surface area (Å²) >= 11 is 1.20. The fraction of sp³-hybridized carbons (Fsp3) is 0.500. The molecule has 1 aromatic heterocycles. The molecule has 5 heteroatoms. The average molecular weight is 201 g/mol. The molecular weight excluding hydrogens is 190 g/mol. The van der Waals surface area contributed by atoms with Crippen LogP contribution in [0.15, 0.2) is 6.20 Å². The van der Waals surface area contributed by atoms with E-state index in [2.05, 4.69) is 4.98 Å². The van der Waals surface area contributed by atoms with Crippen molar-refractivity contribution in [1.82, 2.24) is 4.98 Å². The first-order valence-corrected chi connectivity index (χ1v) is 4.85. The molecule has 0 saturated heterocycles. The van der Waals surface area contributed by atoms with Crippen LogP contribution in [0.5, 0.6) is 5.19 Å². The van der Waals surface area contributed by atoms with Gasteiger partial charge in [0, 0.05) is 0 Å². The van der Waals surface area contributed by atoms with E-state index < -0.39 is 0 Å². The lowest BCUT2D eigenvalue weighted by Crippen LogP contribution is -2.01. The van der Waals surface area contributed by atoms with E-state index in [9.17, 15) is 4.79 Å². The van der Waals surface area contributed by atoms with E-state index >= 15 is 0 Å². The summed E-state index contributed by atoms with van der Waals surface area (Å²) in [5, 5.41) is 0.505. The van der Waals surface area contributed by atoms with Crippen molar-refractivity contribution in [3.63, 3.8) is 0 Å². The van der Waals surface area contributed by atoms with Crippen molar-refractivity contribution in [2.75, 3.05) is 13.2 Å². The molecule has 0 aliphatic heterocycles. The Hall–Kier alpha value is -1.10. The molecule has 4 nitrogen and oxygen atoms in total. The maximum Gasteiger partial charge on any atom is 0.350 e. The third-order valence-corrected chi connectivity index (χ3v) is 2.12. The number of rotatable bonds is 4. The Kier molecular flexibility index (Phi) is 3.70. The molecule has 0 N–H and O–H groups in total. The molecule has 1 rings (SSSR count). The zero-order chi connectivity index (χ0) is 9.68. The van der Waals surface area contributed by atoms with Crippen LogP contribution in [0.3, 0.4) is 0 Å². The van der Waals surface area contributed by atoms with Gasteiger partial charge in [0.05, 0.1) is 19.4 Å². The number of ether oxygens (including phenoxy) is 2. The van der Waals surface area contributed by atoms with Crippen LogP contribution in [0.1, 0.15) is 23.5 Å². The Bertz CT molecular complexity index is 285. The fourth-order valence-electron chi connectivity index (χ4n) is 0.745. The van der Waals surface area contributed by atoms with Crippen LogP contribution in [0.25, 0.3) is 0 Å². The van der Waals surface area contributed by atoms with E-state index in [1.54, 1.807) is 6.92 Å². The summed E-state index contributed by atoms with van der Waals surface area (Å²) in [5.74, 6) is -0.342. The van der Waals surface area contributed by atoms with Crippen LogP contribution in [-0.4, -0.2) is 24.2 Å². The Labute approximate surface area is 80.5 Å². The Morgan fingerprint density at radius 3 is 2.92 bits per heavy atom. The van der Waals surface area contributed by atoms with Crippen molar-refractivity contribution in [3.8, 4) is 5.19 Å². The lowest BCUT2D eigenvalue weighted by atomic mass is 10.6. The van der Waals surface area contributed by atoms with E-state index in [0.29, 0.717) is 23.3 Å². The second kappa shape index (κ2) is 4.81. The summed E-state index contributed by atoms with van der Waals surface area (Å²) in [6, 6.07) is 0. The minimum Gasteiger partial charge on any atom is -0.470 e. The monoisotopic (exact) mass is 201 g/mol. The maximum atomic E-state index is 11.2. The van der Waals surface area contributed by atoms with Gasteiger partial charge in [0.2, 0.25) is 0 Å². The minimum atomic E-state index is -0.342. The first kappa shape index (κ1) is 9.98. The van der Waals surface area contributed by atoms with Gasteiger partial charge in [0.15, 0.2) is 0 Å². The van der Waals surface area contributed by atoms with Crippen LogP contribution >= 0.6 is 11.3 Å². The van der Waals surface area contributed by atoms with Crippen LogP contribution in [0, 0.1) is 0 Å². The van der Waals surface area contributed by atoms with Gasteiger partial charge in [0.1, 0.15) is 4.88 Å². The summed E-state index contributed by atoms with van der Waals surface area (Å²) in [7, 11) is 0. The standard InChI is InChI=1S/C8H11NO3S/c1-3-11-7(10)6-5-9-8(13-6)12-4-2/h5H,3-4H2,1-2H3. The topological polar surface area (TPSA) is 48.4 Å². The summed E-state index contributed by atoms with van der Waals surface area (Å²) in [4.78, 5) is 15.5. The predicted molar refractivity (Wildman–Crippen MR) is 49.2 cm³/mol. The average Bonchev–Trinajstić information content (AvgIpc) is 2.54. The normalized spacial score (nSPS) is 9.69. The molecule has 0 aromatic carbocycles. The third-order valence-electron chi connectivity index (χ3n) is 1.23. The van der Waals surface area contributed by atoms with Crippen LogP contribution in [0.2, 0.25) is 0 Å². The van der Waals surface area contributed by atoms with E-state index in [1.807, 2.05) is 6.92 Å². The number of hydrogen-bond acceptors (Lipinski definition) is 5. The molecule has 0 amide bonds. The van der Waals surface area contributed by atoms with E-state index in [4.69, 9.17) is 9.47 Å². The van der Waals surface area contributed by atoms with Gasteiger partial charge in [-0.25, -0.2) is 9.78 Å². The van der Waals surface area contributed by atoms with Crippen molar-refractivity contribution < 1.29 is 14.3 Å². The molecule has 72 valence electrons. The first-order valence-electron chi connectivity index (χ1n) is 4.03. The van der Waals surface area contributed by atoms with E-state index in [-0.39, 0.29) is 5.97 Å². The van der Waals surface area contributed by atoms with Crippen molar-refractivity contribution in [2.24, 2.45) is 0 Å². The summed E-state index contributed by atoms with van der Waals surface area (Å²) in [5.41, 5.74) is 0. The lowest BCUT2D eigenvalue weighted by molar-refractivity contribution is 0.0532. The Balaban J connectivity index is 2.62. The largest absolute Gasteiger partial charge is 0.470 e. The predicted octanol–water partition coefficient (Wildman–Crippen LogP) is 1.72. The smallest absolute Gasteiger partial charge is 0.350 e. The zero-order valence-electron chi connectivity index (χ0n) is 7.57. The first-order chi connectivity index (χ1) is 6.27. The van der Waals surface area contributed by atoms with Crippen molar-refractivity contribution in [3.05, 3.63) is 11.1 Å². The summed E-state index contributed by atoms with van der Waals surface area (Å²) in [6.07, 6.45) is 1.47. The highest BCUT2D eigenvalue weighted by Gasteiger charge is 2.11. The van der Waals surface area contributed by atoms with Crippen molar-refractivity contribution >= 4 is 17.3 Å². The summed E-state index contributed by atoms with van der Waals surface area (Å²) in [6.45, 7) is 4.56. The number of thiazole rings is 1. The van der Waals surface area contributed by atoms with E-state index in [0.717, 1.165) is 0 Å². The molecule has 0 atom stereocenters. The van der Waals surface area contributed by atoms with Gasteiger partial charge in [0.25, 0.3) is 5.19 Å². The van der Waals surface area contributed by atoms with Gasteiger partial charge >= 0.3 is 5.97 Å². The highest BCUT2D eigenvalue weighted by atomic mass is 32.1. The summed E-state index contributed by atoms with van der Waals surface area (Å²) < 4.78 is 9.91. The number of aromatic nitrogens is 1. The van der Waals surface area contributed by atoms with Gasteiger partial charge in [-0.05, 0) is 13.8 Å². The maximum absolute atomic E-state index is 11.2. The molecule has 0 spiro atoms. The molecule has 0 saturated carbocycles. The molecule has 0 fully saturated rings.